The van der Waals surface area contributed by atoms with E-state index in [0.717, 1.165) is 12.1 Å². The van der Waals surface area contributed by atoms with Crippen LogP contribution in [0.3, 0.4) is 0 Å². The lowest BCUT2D eigenvalue weighted by Crippen LogP contribution is -2.44. The van der Waals surface area contributed by atoms with Crippen LogP contribution in [-0.4, -0.2) is 34.6 Å². The van der Waals surface area contributed by atoms with Gasteiger partial charge in [-0.2, -0.15) is 21.6 Å². The Kier molecular flexibility index (Phi) is 4.62. The van der Waals surface area contributed by atoms with Crippen molar-refractivity contribution in [2.45, 2.75) is 37.6 Å². The average molecular weight is 496 g/mol. The molecular formula is C21H15F3N2O7S. The first-order valence-corrected chi connectivity index (χ1v) is 11.4. The van der Waals surface area contributed by atoms with Crippen LogP contribution in [0.25, 0.3) is 22.3 Å². The molecule has 0 aliphatic carbocycles. The van der Waals surface area contributed by atoms with E-state index in [9.17, 15) is 36.3 Å². The third-order valence-corrected chi connectivity index (χ3v) is 6.95. The number of aromatic nitrogens is 2. The number of hydrogen-bond acceptors (Lipinski definition) is 8. The Balaban J connectivity index is 1.62. The SMILES string of the molecule is CCC1(O)C(=O)OCc2c1cc1n(c2=O)Cc2cc3cc(OS(=O)(=O)C(F)(F)F)ccc3nc2-1. The van der Waals surface area contributed by atoms with Crippen LogP contribution in [0.1, 0.15) is 30.0 Å². The fourth-order valence-electron chi connectivity index (χ4n) is 4.19. The minimum absolute atomic E-state index is 0.0106. The van der Waals surface area contributed by atoms with Gasteiger partial charge in [-0.3, -0.25) is 4.79 Å². The van der Waals surface area contributed by atoms with Crippen LogP contribution in [0.15, 0.2) is 35.1 Å². The molecule has 0 radical (unpaired) electrons. The van der Waals surface area contributed by atoms with E-state index < -0.39 is 38.5 Å². The minimum atomic E-state index is -5.84. The molecule has 2 aliphatic heterocycles. The Morgan fingerprint density at radius 3 is 2.65 bits per heavy atom. The molecule has 34 heavy (non-hydrogen) atoms. The van der Waals surface area contributed by atoms with Crippen molar-refractivity contribution < 1.29 is 40.4 Å². The lowest BCUT2D eigenvalue weighted by atomic mass is 9.86. The van der Waals surface area contributed by atoms with E-state index in [1.54, 1.807) is 13.0 Å². The van der Waals surface area contributed by atoms with Crippen molar-refractivity contribution in [2.75, 3.05) is 0 Å². The van der Waals surface area contributed by atoms with Gasteiger partial charge >= 0.3 is 21.6 Å². The van der Waals surface area contributed by atoms with E-state index in [2.05, 4.69) is 9.17 Å². The summed E-state index contributed by atoms with van der Waals surface area (Å²) in [5, 5.41) is 11.2. The molecule has 0 fully saturated rings. The highest BCUT2D eigenvalue weighted by atomic mass is 32.2. The second-order valence-electron chi connectivity index (χ2n) is 7.94. The fraction of sp³-hybridized carbons (Fsp3) is 0.286. The molecule has 13 heteroatoms. The van der Waals surface area contributed by atoms with E-state index in [-0.39, 0.29) is 30.7 Å². The molecule has 0 spiro atoms. The largest absolute Gasteiger partial charge is 0.534 e. The maximum absolute atomic E-state index is 13.1. The van der Waals surface area contributed by atoms with Gasteiger partial charge in [0.15, 0.2) is 5.60 Å². The van der Waals surface area contributed by atoms with Gasteiger partial charge in [-0.05, 0) is 36.8 Å². The normalized spacial score (nSPS) is 19.4. The van der Waals surface area contributed by atoms with E-state index in [4.69, 9.17) is 4.74 Å². The van der Waals surface area contributed by atoms with Crippen LogP contribution in [0.4, 0.5) is 13.2 Å². The summed E-state index contributed by atoms with van der Waals surface area (Å²) in [5.41, 5.74) is -6.12. The summed E-state index contributed by atoms with van der Waals surface area (Å²) in [6.45, 7) is 1.37. The van der Waals surface area contributed by atoms with Crippen LogP contribution in [0.5, 0.6) is 5.75 Å². The quantitative estimate of drug-likeness (QED) is 0.260. The lowest BCUT2D eigenvalue weighted by Gasteiger charge is -2.31. The smallest absolute Gasteiger partial charge is 0.458 e. The second kappa shape index (κ2) is 7.03. The predicted octanol–water partition coefficient (Wildman–Crippen LogP) is 2.31. The van der Waals surface area contributed by atoms with Gasteiger partial charge in [-0.1, -0.05) is 6.92 Å². The monoisotopic (exact) mass is 496 g/mol. The fourth-order valence-corrected chi connectivity index (χ4v) is 4.64. The van der Waals surface area contributed by atoms with Gasteiger partial charge in [-0.15, -0.1) is 0 Å². The third-order valence-electron chi connectivity index (χ3n) is 5.97. The van der Waals surface area contributed by atoms with Gasteiger partial charge in [0.1, 0.15) is 12.4 Å². The zero-order chi connectivity index (χ0) is 24.6. The lowest BCUT2D eigenvalue weighted by molar-refractivity contribution is -0.172. The number of carbonyl (C=O) groups is 1. The summed E-state index contributed by atoms with van der Waals surface area (Å²) in [6.07, 6.45) is -0.0106. The minimum Gasteiger partial charge on any atom is -0.458 e. The first-order chi connectivity index (χ1) is 15.9. The zero-order valence-electron chi connectivity index (χ0n) is 17.3. The summed E-state index contributed by atoms with van der Waals surface area (Å²) < 4.78 is 71.1. The number of aliphatic hydroxyl groups is 1. The number of cyclic esters (lactones) is 1. The van der Waals surface area contributed by atoms with Gasteiger partial charge in [0.05, 0.1) is 29.0 Å². The topological polar surface area (TPSA) is 125 Å². The predicted molar refractivity (Wildman–Crippen MR) is 110 cm³/mol. The van der Waals surface area contributed by atoms with Crippen molar-refractivity contribution in [1.82, 2.24) is 9.55 Å². The van der Waals surface area contributed by atoms with E-state index >= 15 is 0 Å². The number of ether oxygens (including phenoxy) is 1. The van der Waals surface area contributed by atoms with Crippen LogP contribution >= 0.6 is 0 Å². The molecule has 9 nitrogen and oxygen atoms in total. The molecular weight excluding hydrogens is 481 g/mol. The molecule has 3 aromatic rings. The van der Waals surface area contributed by atoms with Crippen LogP contribution in [-0.2, 0) is 38.4 Å². The number of esters is 1. The van der Waals surface area contributed by atoms with Crippen molar-refractivity contribution in [1.29, 1.82) is 0 Å². The highest BCUT2D eigenvalue weighted by Gasteiger charge is 2.48. The summed E-state index contributed by atoms with van der Waals surface area (Å²) >= 11 is 0. The molecule has 0 amide bonds. The molecule has 1 N–H and O–H groups in total. The molecule has 0 saturated carbocycles. The van der Waals surface area contributed by atoms with E-state index in [0.29, 0.717) is 27.9 Å². The molecule has 2 aromatic heterocycles. The Morgan fingerprint density at radius 1 is 1.24 bits per heavy atom. The van der Waals surface area contributed by atoms with E-state index in [1.165, 1.54) is 16.7 Å². The molecule has 2 aliphatic rings. The maximum atomic E-state index is 13.1. The Bertz CT molecular complexity index is 1560. The van der Waals surface area contributed by atoms with Crippen LogP contribution in [0, 0.1) is 0 Å². The third kappa shape index (κ3) is 3.10. The van der Waals surface area contributed by atoms with Crippen LogP contribution < -0.4 is 9.74 Å². The highest BCUT2D eigenvalue weighted by Crippen LogP contribution is 2.39. The molecule has 1 aromatic carbocycles. The van der Waals surface area contributed by atoms with Gasteiger partial charge in [0.2, 0.25) is 0 Å². The Labute approximate surface area is 189 Å². The number of nitrogens with zero attached hydrogens (tertiary/aromatic N) is 2. The number of pyridine rings is 2. The number of benzene rings is 1. The van der Waals surface area contributed by atoms with Crippen LogP contribution in [0.2, 0.25) is 0 Å². The molecule has 5 rings (SSSR count). The highest BCUT2D eigenvalue weighted by molar-refractivity contribution is 7.88. The molecule has 0 bridgehead atoms. The van der Waals surface area contributed by atoms with Crippen molar-refractivity contribution >= 4 is 27.0 Å². The van der Waals surface area contributed by atoms with Gasteiger partial charge in [0.25, 0.3) is 5.56 Å². The van der Waals surface area contributed by atoms with E-state index in [1.807, 2.05) is 0 Å². The molecule has 0 saturated heterocycles. The first kappa shape index (κ1) is 22.3. The molecule has 1 unspecified atom stereocenters. The average Bonchev–Trinajstić information content (AvgIpc) is 3.12. The number of fused-ring (bicyclic) bond motifs is 5. The van der Waals surface area contributed by atoms with Gasteiger partial charge in [0, 0.05) is 16.5 Å². The number of hydrogen-bond donors (Lipinski definition) is 1. The summed E-state index contributed by atoms with van der Waals surface area (Å²) in [6, 6.07) is 6.51. The number of carbonyl (C=O) groups excluding carboxylic acids is 1. The summed E-state index contributed by atoms with van der Waals surface area (Å²) in [4.78, 5) is 29.8. The maximum Gasteiger partial charge on any atom is 0.534 e. The molecule has 1 atom stereocenters. The zero-order valence-corrected chi connectivity index (χ0v) is 18.2. The van der Waals surface area contributed by atoms with Crippen molar-refractivity contribution in [3.05, 3.63) is 57.4 Å². The van der Waals surface area contributed by atoms with Gasteiger partial charge in [-0.25, -0.2) is 9.78 Å². The number of alkyl halides is 3. The van der Waals surface area contributed by atoms with Crippen molar-refractivity contribution in [3.63, 3.8) is 0 Å². The molecule has 178 valence electrons. The summed E-state index contributed by atoms with van der Waals surface area (Å²) in [7, 11) is -5.84. The second-order valence-corrected chi connectivity index (χ2v) is 9.47. The van der Waals surface area contributed by atoms with Crippen molar-refractivity contribution in [2.24, 2.45) is 0 Å². The van der Waals surface area contributed by atoms with Crippen molar-refractivity contribution in [3.8, 4) is 17.1 Å². The Morgan fingerprint density at radius 2 is 1.97 bits per heavy atom. The Hall–Kier alpha value is -3.45. The van der Waals surface area contributed by atoms with Gasteiger partial charge < -0.3 is 18.6 Å². The first-order valence-electron chi connectivity index (χ1n) is 9.97. The molecule has 4 heterocycles. The number of halogens is 3. The summed E-state index contributed by atoms with van der Waals surface area (Å²) in [5.74, 6) is -1.39. The number of rotatable bonds is 3. The standard InChI is InChI=1S/C21H15F3N2O7S/c1-2-20(29)14-7-16-17-11(8-26(16)18(27)13(14)9-32-19(20)28)5-10-6-12(3-4-15(10)25-17)33-34(30,31)21(22,23)24/h3-7,29H,2,8-9H2,1H3.